The van der Waals surface area contributed by atoms with E-state index >= 15 is 0 Å². The summed E-state index contributed by atoms with van der Waals surface area (Å²) in [6.45, 7) is 14.2. The number of rotatable bonds is 21. The average molecular weight is 786 g/mol. The minimum absolute atomic E-state index is 0.0115. The molecule has 1 aromatic rings. The molecule has 0 bridgehead atoms. The van der Waals surface area contributed by atoms with E-state index in [-0.39, 0.29) is 60.4 Å². The summed E-state index contributed by atoms with van der Waals surface area (Å²) in [5.41, 5.74) is 0.127. The molecule has 2 aliphatic heterocycles. The van der Waals surface area contributed by atoms with Crippen LogP contribution < -0.4 is 16.0 Å². The minimum Gasteiger partial charge on any atom is -0.467 e. The van der Waals surface area contributed by atoms with E-state index in [2.05, 4.69) is 22.9 Å². The van der Waals surface area contributed by atoms with Crippen molar-refractivity contribution in [2.24, 2.45) is 17.8 Å². The van der Waals surface area contributed by atoms with E-state index in [1.807, 2.05) is 65.0 Å². The van der Waals surface area contributed by atoms with Gasteiger partial charge in [-0.3, -0.25) is 19.2 Å². The van der Waals surface area contributed by atoms with Crippen molar-refractivity contribution in [3.63, 3.8) is 0 Å². The summed E-state index contributed by atoms with van der Waals surface area (Å²) >= 11 is 0. The fourth-order valence-corrected chi connectivity index (χ4v) is 8.63. The fourth-order valence-electron chi connectivity index (χ4n) is 8.63. The molecule has 0 aromatic heterocycles. The van der Waals surface area contributed by atoms with Gasteiger partial charge in [0.2, 0.25) is 23.6 Å². The van der Waals surface area contributed by atoms with Crippen molar-refractivity contribution in [3.05, 3.63) is 35.9 Å². The van der Waals surface area contributed by atoms with Gasteiger partial charge in [-0.1, -0.05) is 84.7 Å². The molecule has 4 amide bonds. The van der Waals surface area contributed by atoms with E-state index < -0.39 is 47.8 Å². The minimum atomic E-state index is -0.889. The van der Waals surface area contributed by atoms with Crippen molar-refractivity contribution in [3.8, 4) is 0 Å². The number of nitrogens with one attached hydrogen (secondary N) is 3. The first-order valence-corrected chi connectivity index (χ1v) is 20.7. The summed E-state index contributed by atoms with van der Waals surface area (Å²) in [5.74, 6) is -2.39. The molecule has 2 heterocycles. The van der Waals surface area contributed by atoms with Crippen LogP contribution in [-0.4, -0.2) is 122 Å². The summed E-state index contributed by atoms with van der Waals surface area (Å²) in [6.07, 6.45) is 4.75. The van der Waals surface area contributed by atoms with Gasteiger partial charge in [-0.15, -0.1) is 0 Å². The van der Waals surface area contributed by atoms with E-state index in [1.165, 1.54) is 14.2 Å². The molecule has 1 aromatic carbocycles. The van der Waals surface area contributed by atoms with E-state index in [1.54, 1.807) is 30.9 Å². The van der Waals surface area contributed by atoms with Crippen LogP contribution in [0, 0.1) is 17.8 Å². The molecule has 0 spiro atoms. The Balaban J connectivity index is 1.76. The van der Waals surface area contributed by atoms with Crippen molar-refractivity contribution in [2.75, 3.05) is 34.9 Å². The number of carbonyl (C=O) groups excluding carboxylic acids is 5. The molecule has 2 saturated heterocycles. The second kappa shape index (κ2) is 21.8. The molecule has 3 N–H and O–H groups in total. The van der Waals surface area contributed by atoms with E-state index in [4.69, 9.17) is 14.2 Å². The zero-order valence-electron chi connectivity index (χ0n) is 35.9. The molecule has 1 unspecified atom stereocenters. The predicted molar refractivity (Wildman–Crippen MR) is 216 cm³/mol. The molecular formula is C43H71N5O8. The molecule has 10 atom stereocenters. The molecule has 3 rings (SSSR count). The van der Waals surface area contributed by atoms with Crippen LogP contribution in [0.2, 0.25) is 0 Å². The third-order valence-electron chi connectivity index (χ3n) is 12.2. The maximum absolute atomic E-state index is 14.3. The maximum Gasteiger partial charge on any atom is 0.328 e. The highest BCUT2D eigenvalue weighted by atomic mass is 16.5. The number of benzene rings is 1. The van der Waals surface area contributed by atoms with Crippen LogP contribution in [0.3, 0.4) is 0 Å². The second-order valence-electron chi connectivity index (χ2n) is 16.6. The van der Waals surface area contributed by atoms with Gasteiger partial charge in [0.15, 0.2) is 0 Å². The Bertz CT molecular complexity index is 1440. The Labute approximate surface area is 335 Å². The fraction of sp³-hybridized carbons (Fsp3) is 0.744. The van der Waals surface area contributed by atoms with Crippen LogP contribution in [0.5, 0.6) is 0 Å². The molecule has 13 heteroatoms. The third kappa shape index (κ3) is 11.8. The summed E-state index contributed by atoms with van der Waals surface area (Å²) in [4.78, 5) is 72.1. The summed E-state index contributed by atoms with van der Waals surface area (Å²) in [5, 5.41) is 9.47. The number of carbonyl (C=O) groups is 5. The van der Waals surface area contributed by atoms with E-state index in [9.17, 15) is 24.0 Å². The van der Waals surface area contributed by atoms with Crippen LogP contribution in [0.1, 0.15) is 105 Å². The molecular weight excluding hydrogens is 714 g/mol. The van der Waals surface area contributed by atoms with Gasteiger partial charge >= 0.3 is 5.97 Å². The van der Waals surface area contributed by atoms with Gasteiger partial charge in [-0.25, -0.2) is 4.79 Å². The van der Waals surface area contributed by atoms with Gasteiger partial charge in [0, 0.05) is 40.3 Å². The highest BCUT2D eigenvalue weighted by Gasteiger charge is 2.45. The van der Waals surface area contributed by atoms with Crippen molar-refractivity contribution >= 4 is 29.6 Å². The number of esters is 1. The van der Waals surface area contributed by atoms with Crippen molar-refractivity contribution in [1.82, 2.24) is 25.8 Å². The molecule has 316 valence electrons. The SMILES string of the molecule is CCCC1CC[C@@](C)(C(=O)N[C@H](C(=O)N(C)[C@@H]([C@@H](C)CC)[C@@H](CC(=O)N2CCC[C@H]2[C@H](OC)[C@@H](C)C(=O)N[C@@H](Cc2ccccc2)C(=O)OC)OC)C(C)C)N1. The Morgan fingerprint density at radius 1 is 0.982 bits per heavy atom. The van der Waals surface area contributed by atoms with E-state index in [0.717, 1.165) is 37.7 Å². The zero-order chi connectivity index (χ0) is 41.7. The quantitative estimate of drug-likeness (QED) is 0.155. The number of nitrogens with zero attached hydrogens (tertiary/aromatic N) is 2. The molecule has 13 nitrogen and oxygen atoms in total. The number of likely N-dealkylation sites (N-methyl/N-ethyl adjacent to an activating group) is 1. The maximum atomic E-state index is 14.3. The third-order valence-corrected chi connectivity index (χ3v) is 12.2. The Hall–Kier alpha value is -3.55. The number of methoxy groups -OCH3 is 3. The lowest BCUT2D eigenvalue weighted by molar-refractivity contribution is -0.149. The van der Waals surface area contributed by atoms with Crippen molar-refractivity contribution in [1.29, 1.82) is 0 Å². The Morgan fingerprint density at radius 2 is 1.66 bits per heavy atom. The summed E-state index contributed by atoms with van der Waals surface area (Å²) in [7, 11) is 6.13. The van der Waals surface area contributed by atoms with Gasteiger partial charge in [0.05, 0.1) is 49.3 Å². The number of amides is 4. The Kier molecular flexibility index (Phi) is 18.3. The molecule has 2 fully saturated rings. The number of likely N-dealkylation sites (tertiary alicyclic amines) is 1. The average Bonchev–Trinajstić information content (AvgIpc) is 3.83. The van der Waals surface area contributed by atoms with E-state index in [0.29, 0.717) is 19.4 Å². The standard InChI is InChI=1S/C43H71N5O8/c1-12-18-31-22-23-43(7,46-31)42(53)45-36(27(3)4)40(51)47(8)37(28(5)13-2)34(54-9)26-35(49)48-24-17-21-33(48)38(55-10)29(6)39(50)44-32(41(52)56-11)25-30-19-15-14-16-20-30/h14-16,19-20,27-29,31-34,36-38,46H,12-13,17-18,21-26H2,1-11H3,(H,44,50)(H,45,53)/t28-,29+,31?,32-,33-,34+,36-,37-,38+,43-/m0/s1. The van der Waals surface area contributed by atoms with Crippen LogP contribution in [-0.2, 0) is 44.6 Å². The van der Waals surface area contributed by atoms with Gasteiger partial charge in [-0.2, -0.15) is 0 Å². The monoisotopic (exact) mass is 786 g/mol. The molecule has 56 heavy (non-hydrogen) atoms. The van der Waals surface area contributed by atoms with Crippen molar-refractivity contribution < 1.29 is 38.2 Å². The zero-order valence-corrected chi connectivity index (χ0v) is 35.9. The number of hydrogen-bond donors (Lipinski definition) is 3. The molecule has 0 radical (unpaired) electrons. The predicted octanol–water partition coefficient (Wildman–Crippen LogP) is 4.26. The lowest BCUT2D eigenvalue weighted by Gasteiger charge is -2.41. The summed E-state index contributed by atoms with van der Waals surface area (Å²) in [6, 6.07) is 7.17. The highest BCUT2D eigenvalue weighted by molar-refractivity contribution is 5.92. The first-order valence-electron chi connectivity index (χ1n) is 20.7. The van der Waals surface area contributed by atoms with Crippen LogP contribution in [0.25, 0.3) is 0 Å². The van der Waals surface area contributed by atoms with Crippen molar-refractivity contribution in [2.45, 2.75) is 154 Å². The Morgan fingerprint density at radius 3 is 2.23 bits per heavy atom. The van der Waals surface area contributed by atoms with Crippen LogP contribution >= 0.6 is 0 Å². The topological polar surface area (TPSA) is 156 Å². The lowest BCUT2D eigenvalue weighted by atomic mass is 9.89. The first kappa shape index (κ1) is 46.8. The van der Waals surface area contributed by atoms with Crippen LogP contribution in [0.15, 0.2) is 30.3 Å². The smallest absolute Gasteiger partial charge is 0.328 e. The van der Waals surface area contributed by atoms with Crippen LogP contribution in [0.4, 0.5) is 0 Å². The summed E-state index contributed by atoms with van der Waals surface area (Å²) < 4.78 is 17.0. The molecule has 0 aliphatic carbocycles. The largest absolute Gasteiger partial charge is 0.467 e. The highest BCUT2D eigenvalue weighted by Crippen LogP contribution is 2.30. The second-order valence-corrected chi connectivity index (χ2v) is 16.6. The number of hydrogen-bond acceptors (Lipinski definition) is 9. The first-order chi connectivity index (χ1) is 26.6. The van der Waals surface area contributed by atoms with Gasteiger partial charge in [-0.05, 0) is 56.4 Å². The van der Waals surface area contributed by atoms with Gasteiger partial charge in [0.25, 0.3) is 0 Å². The molecule has 0 saturated carbocycles. The number of ether oxygens (including phenoxy) is 3. The molecule has 2 aliphatic rings. The normalized spacial score (nSPS) is 23.4. The van der Waals surface area contributed by atoms with Gasteiger partial charge in [0.1, 0.15) is 12.1 Å². The lowest BCUT2D eigenvalue weighted by Crippen LogP contribution is -2.61. The van der Waals surface area contributed by atoms with Gasteiger partial charge < -0.3 is 40.0 Å².